The zero-order valence-electron chi connectivity index (χ0n) is 10.2. The molecule has 114 valence electrons. The molecule has 1 aromatic heterocycles. The molecule has 0 fully saturated rings. The highest BCUT2D eigenvalue weighted by Gasteiger charge is 2.48. The second kappa shape index (κ2) is 5.19. The van der Waals surface area contributed by atoms with Crippen molar-refractivity contribution in [2.45, 2.75) is 12.4 Å². The summed E-state index contributed by atoms with van der Waals surface area (Å²) in [6.45, 7) is 1.55. The minimum absolute atomic E-state index is 0.0830. The molecule has 11 heteroatoms. The monoisotopic (exact) mass is 342 g/mol. The molecule has 0 spiro atoms. The summed E-state index contributed by atoms with van der Waals surface area (Å²) in [5.41, 5.74) is -5.24. The van der Waals surface area contributed by atoms with Crippen LogP contribution in [-0.2, 0) is 10.1 Å². The number of hydrogen-bond acceptors (Lipinski definition) is 6. The predicted octanol–water partition coefficient (Wildman–Crippen LogP) is 2.93. The van der Waals surface area contributed by atoms with Crippen LogP contribution in [0.5, 0.6) is 5.75 Å². The summed E-state index contributed by atoms with van der Waals surface area (Å²) in [4.78, 5) is 0. The Morgan fingerprint density at radius 1 is 1.29 bits per heavy atom. The van der Waals surface area contributed by atoms with E-state index in [2.05, 4.69) is 14.4 Å². The van der Waals surface area contributed by atoms with E-state index in [1.165, 1.54) is 6.07 Å². The van der Waals surface area contributed by atoms with Gasteiger partial charge in [-0.3, -0.25) is 0 Å². The molecule has 2 aromatic rings. The van der Waals surface area contributed by atoms with Crippen LogP contribution in [-0.4, -0.2) is 24.1 Å². The van der Waals surface area contributed by atoms with E-state index in [0.717, 1.165) is 12.1 Å². The van der Waals surface area contributed by atoms with Crippen molar-refractivity contribution in [3.05, 3.63) is 29.1 Å². The van der Waals surface area contributed by atoms with Gasteiger partial charge in [0.05, 0.1) is 5.02 Å². The van der Waals surface area contributed by atoms with Crippen LogP contribution in [0.3, 0.4) is 0 Å². The van der Waals surface area contributed by atoms with Crippen molar-refractivity contribution in [3.63, 3.8) is 0 Å². The number of nitrogens with zero attached hydrogens (tertiary/aromatic N) is 2. The lowest BCUT2D eigenvalue weighted by Crippen LogP contribution is -2.28. The standard InChI is InChI=1S/C10H6ClF3N2O4S/c1-5-15-16-9(19-5)6-2-3-8(7(11)4-6)20-21(17,18)10(12,13)14/h2-4H,1H3. The number of rotatable bonds is 3. The van der Waals surface area contributed by atoms with Gasteiger partial charge in [-0.15, -0.1) is 10.2 Å². The number of aromatic nitrogens is 2. The van der Waals surface area contributed by atoms with E-state index >= 15 is 0 Å². The summed E-state index contributed by atoms with van der Waals surface area (Å²) in [5.74, 6) is -0.297. The van der Waals surface area contributed by atoms with Gasteiger partial charge in [0.25, 0.3) is 0 Å². The second-order valence-corrected chi connectivity index (χ2v) is 5.70. The fraction of sp³-hybridized carbons (Fsp3) is 0.200. The first-order valence-electron chi connectivity index (χ1n) is 5.21. The third-order valence-corrected chi connectivity index (χ3v) is 3.45. The molecule has 1 aromatic carbocycles. The Balaban J connectivity index is 2.33. The van der Waals surface area contributed by atoms with Crippen molar-refractivity contribution in [2.75, 3.05) is 0 Å². The Kier molecular flexibility index (Phi) is 3.85. The molecule has 0 radical (unpaired) electrons. The van der Waals surface area contributed by atoms with E-state index in [9.17, 15) is 21.6 Å². The quantitative estimate of drug-likeness (QED) is 0.630. The minimum Gasteiger partial charge on any atom is -0.421 e. The summed E-state index contributed by atoms with van der Waals surface area (Å²) < 4.78 is 67.4. The van der Waals surface area contributed by atoms with Gasteiger partial charge in [-0.25, -0.2) is 0 Å². The predicted molar refractivity (Wildman–Crippen MR) is 65.1 cm³/mol. The van der Waals surface area contributed by atoms with Gasteiger partial charge in [-0.2, -0.15) is 21.6 Å². The zero-order chi connectivity index (χ0) is 15.8. The number of hydrogen-bond donors (Lipinski definition) is 0. The molecule has 0 atom stereocenters. The van der Waals surface area contributed by atoms with Crippen LogP contribution < -0.4 is 4.18 Å². The number of alkyl halides is 3. The molecular weight excluding hydrogens is 337 g/mol. The van der Waals surface area contributed by atoms with Crippen molar-refractivity contribution in [2.24, 2.45) is 0 Å². The topological polar surface area (TPSA) is 82.3 Å². The molecule has 21 heavy (non-hydrogen) atoms. The average molecular weight is 343 g/mol. The first-order chi connectivity index (χ1) is 9.60. The normalized spacial score (nSPS) is 12.4. The molecule has 0 unspecified atom stereocenters. The van der Waals surface area contributed by atoms with E-state index in [1.807, 2.05) is 0 Å². The van der Waals surface area contributed by atoms with Crippen LogP contribution in [0.4, 0.5) is 13.2 Å². The van der Waals surface area contributed by atoms with Gasteiger partial charge in [-0.05, 0) is 18.2 Å². The molecule has 2 rings (SSSR count). The van der Waals surface area contributed by atoms with Gasteiger partial charge in [-0.1, -0.05) is 11.6 Å². The number of aryl methyl sites for hydroxylation is 1. The maximum atomic E-state index is 12.2. The smallest absolute Gasteiger partial charge is 0.421 e. The first-order valence-corrected chi connectivity index (χ1v) is 6.99. The van der Waals surface area contributed by atoms with Gasteiger partial charge in [0.2, 0.25) is 11.8 Å². The maximum absolute atomic E-state index is 12.2. The third-order valence-electron chi connectivity index (χ3n) is 2.19. The van der Waals surface area contributed by atoms with E-state index in [-0.39, 0.29) is 16.8 Å². The Bertz CT molecular complexity index is 773. The van der Waals surface area contributed by atoms with Crippen molar-refractivity contribution in [1.29, 1.82) is 0 Å². The summed E-state index contributed by atoms with van der Waals surface area (Å²) in [6.07, 6.45) is 0. The van der Waals surface area contributed by atoms with Crippen molar-refractivity contribution in [3.8, 4) is 17.2 Å². The highest BCUT2D eigenvalue weighted by Crippen LogP contribution is 2.33. The highest BCUT2D eigenvalue weighted by molar-refractivity contribution is 7.88. The van der Waals surface area contributed by atoms with Gasteiger partial charge in [0.15, 0.2) is 5.75 Å². The minimum atomic E-state index is -5.78. The van der Waals surface area contributed by atoms with Crippen molar-refractivity contribution in [1.82, 2.24) is 10.2 Å². The molecule has 0 amide bonds. The molecular formula is C10H6ClF3N2O4S. The van der Waals surface area contributed by atoms with E-state index < -0.39 is 21.4 Å². The van der Waals surface area contributed by atoms with Gasteiger partial charge >= 0.3 is 15.6 Å². The van der Waals surface area contributed by atoms with Gasteiger partial charge in [0.1, 0.15) is 0 Å². The Hall–Kier alpha value is -1.81. The summed E-state index contributed by atoms with van der Waals surface area (Å²) in [6, 6.07) is 3.34. The lowest BCUT2D eigenvalue weighted by atomic mass is 10.2. The van der Waals surface area contributed by atoms with E-state index in [1.54, 1.807) is 6.92 Å². The highest BCUT2D eigenvalue weighted by atomic mass is 35.5. The summed E-state index contributed by atoms with van der Waals surface area (Å²) >= 11 is 5.70. The van der Waals surface area contributed by atoms with Crippen LogP contribution in [0.2, 0.25) is 5.02 Å². The molecule has 6 nitrogen and oxygen atoms in total. The summed E-state index contributed by atoms with van der Waals surface area (Å²) in [7, 11) is -5.78. The molecule has 0 saturated heterocycles. The first kappa shape index (κ1) is 15.6. The third kappa shape index (κ3) is 3.27. The van der Waals surface area contributed by atoms with Crippen LogP contribution in [0.15, 0.2) is 22.6 Å². The van der Waals surface area contributed by atoms with Crippen LogP contribution in [0.1, 0.15) is 5.89 Å². The van der Waals surface area contributed by atoms with E-state index in [0.29, 0.717) is 5.56 Å². The van der Waals surface area contributed by atoms with Gasteiger partial charge in [0, 0.05) is 12.5 Å². The molecule has 0 saturated carbocycles. The molecule has 0 aliphatic carbocycles. The van der Waals surface area contributed by atoms with Crippen LogP contribution >= 0.6 is 11.6 Å². The van der Waals surface area contributed by atoms with Crippen molar-refractivity contribution >= 4 is 21.7 Å². The van der Waals surface area contributed by atoms with Crippen molar-refractivity contribution < 1.29 is 30.2 Å². The zero-order valence-corrected chi connectivity index (χ0v) is 11.8. The Morgan fingerprint density at radius 2 is 1.95 bits per heavy atom. The van der Waals surface area contributed by atoms with Crippen LogP contribution in [0.25, 0.3) is 11.5 Å². The fourth-order valence-electron chi connectivity index (χ4n) is 1.28. The van der Waals surface area contributed by atoms with E-state index in [4.69, 9.17) is 16.0 Å². The maximum Gasteiger partial charge on any atom is 0.534 e. The molecule has 0 aliphatic rings. The van der Waals surface area contributed by atoms with Gasteiger partial charge < -0.3 is 8.60 Å². The molecule has 1 heterocycles. The second-order valence-electron chi connectivity index (χ2n) is 3.75. The molecule has 0 bridgehead atoms. The SMILES string of the molecule is Cc1nnc(-c2ccc(OS(=O)(=O)C(F)(F)F)c(Cl)c2)o1. The van der Waals surface area contributed by atoms with Crippen LogP contribution in [0, 0.1) is 6.92 Å². The Morgan fingerprint density at radius 3 is 2.43 bits per heavy atom. The Labute approximate surface area is 121 Å². The lowest BCUT2D eigenvalue weighted by Gasteiger charge is -2.10. The summed E-state index contributed by atoms with van der Waals surface area (Å²) in [5, 5.41) is 6.91. The largest absolute Gasteiger partial charge is 0.534 e. The molecule has 0 N–H and O–H groups in total. The average Bonchev–Trinajstić information content (AvgIpc) is 2.77. The number of halogens is 4. The lowest BCUT2D eigenvalue weighted by molar-refractivity contribution is -0.0500. The molecule has 0 aliphatic heterocycles. The fourth-order valence-corrected chi connectivity index (χ4v) is 2.02. The number of benzene rings is 1.